The van der Waals surface area contributed by atoms with Crippen LogP contribution < -0.4 is 5.32 Å². The standard InChI is InChI=1S/C13H26N2O4/c1-13(2,3)19-12(18)14-10(11(16)17)8-6-7-9-15(4)5/h10H,6-9H2,1-5H3,(H,14,18)(H,16,17)/t10-/m0/s1/i4D,5D. The number of aliphatic carboxylic acids is 1. The van der Waals surface area contributed by atoms with Crippen molar-refractivity contribution in [3.8, 4) is 0 Å². The van der Waals surface area contributed by atoms with Crippen molar-refractivity contribution >= 4 is 12.1 Å². The van der Waals surface area contributed by atoms with Crippen LogP contribution in [-0.2, 0) is 9.53 Å². The Bertz CT molecular complexity index is 331. The molecule has 0 bridgehead atoms. The molecular formula is C13H26N2O4. The first-order valence-corrected chi connectivity index (χ1v) is 6.22. The quantitative estimate of drug-likeness (QED) is 0.692. The second kappa shape index (κ2) is 7.99. The van der Waals surface area contributed by atoms with E-state index in [0.29, 0.717) is 25.8 Å². The molecule has 0 fully saturated rings. The number of carbonyl (C=O) groups is 2. The van der Waals surface area contributed by atoms with E-state index in [2.05, 4.69) is 5.32 Å². The van der Waals surface area contributed by atoms with Crippen molar-refractivity contribution in [3.63, 3.8) is 0 Å². The van der Waals surface area contributed by atoms with Gasteiger partial charge in [0, 0.05) is 2.74 Å². The van der Waals surface area contributed by atoms with E-state index in [1.165, 1.54) is 0 Å². The van der Waals surface area contributed by atoms with E-state index < -0.39 is 23.7 Å². The molecule has 0 spiro atoms. The second-order valence-electron chi connectivity index (χ2n) is 5.43. The smallest absolute Gasteiger partial charge is 0.408 e. The van der Waals surface area contributed by atoms with Gasteiger partial charge < -0.3 is 20.1 Å². The molecule has 1 amide bonds. The van der Waals surface area contributed by atoms with E-state index in [1.54, 1.807) is 25.7 Å². The Kier molecular flexibility index (Phi) is 5.94. The minimum absolute atomic E-state index is 0.0576. The Labute approximate surface area is 117 Å². The highest BCUT2D eigenvalue weighted by Gasteiger charge is 2.23. The first-order chi connectivity index (χ1) is 9.69. The molecule has 0 saturated carbocycles. The van der Waals surface area contributed by atoms with Gasteiger partial charge in [-0.1, -0.05) is 0 Å². The van der Waals surface area contributed by atoms with Crippen LogP contribution in [0, 0.1) is 0 Å². The molecule has 112 valence electrons. The zero-order valence-electron chi connectivity index (χ0n) is 13.9. The molecule has 2 N–H and O–H groups in total. The summed E-state index contributed by atoms with van der Waals surface area (Å²) in [4.78, 5) is 24.3. The second-order valence-corrected chi connectivity index (χ2v) is 5.43. The van der Waals surface area contributed by atoms with Crippen molar-refractivity contribution in [3.05, 3.63) is 0 Å². The molecule has 0 aliphatic heterocycles. The third-order valence-electron chi connectivity index (χ3n) is 2.21. The third-order valence-corrected chi connectivity index (χ3v) is 2.21. The lowest BCUT2D eigenvalue weighted by molar-refractivity contribution is -0.139. The molecule has 0 saturated heterocycles. The number of unbranched alkanes of at least 4 members (excludes halogenated alkanes) is 1. The fourth-order valence-corrected chi connectivity index (χ4v) is 1.39. The van der Waals surface area contributed by atoms with E-state index in [4.69, 9.17) is 12.6 Å². The van der Waals surface area contributed by atoms with E-state index in [1.807, 2.05) is 0 Å². The summed E-state index contributed by atoms with van der Waals surface area (Å²) in [7, 11) is 0.115. The number of carboxylic acids is 1. The summed E-state index contributed by atoms with van der Waals surface area (Å²) in [6.07, 6.45) is 0.813. The molecule has 0 aromatic heterocycles. The monoisotopic (exact) mass is 276 g/mol. The fourth-order valence-electron chi connectivity index (χ4n) is 1.39. The van der Waals surface area contributed by atoms with Gasteiger partial charge in [0.25, 0.3) is 0 Å². The van der Waals surface area contributed by atoms with Gasteiger partial charge in [0.05, 0.1) is 0 Å². The first kappa shape index (κ1) is 14.1. The topological polar surface area (TPSA) is 78.9 Å². The maximum Gasteiger partial charge on any atom is 0.408 e. The van der Waals surface area contributed by atoms with Crippen LogP contribution in [0.15, 0.2) is 0 Å². The Balaban J connectivity index is 4.14. The molecule has 0 radical (unpaired) electrons. The lowest BCUT2D eigenvalue weighted by atomic mass is 10.1. The molecule has 0 rings (SSSR count). The van der Waals surface area contributed by atoms with Gasteiger partial charge in [0.2, 0.25) is 0 Å². The van der Waals surface area contributed by atoms with Gasteiger partial charge in [-0.05, 0) is 60.6 Å². The average Bonchev–Trinajstić information content (AvgIpc) is 2.35. The SMILES string of the molecule is [2H]CN(C[2H])CCCC[C@H](NC(=O)OC(C)(C)C)C(=O)O. The minimum Gasteiger partial charge on any atom is -0.480 e. The van der Waals surface area contributed by atoms with E-state index in [-0.39, 0.29) is 14.0 Å². The van der Waals surface area contributed by atoms with Crippen molar-refractivity contribution in [2.45, 2.75) is 51.7 Å². The largest absolute Gasteiger partial charge is 0.480 e. The van der Waals surface area contributed by atoms with Crippen LogP contribution in [0.25, 0.3) is 0 Å². The lowest BCUT2D eigenvalue weighted by Crippen LogP contribution is -2.43. The van der Waals surface area contributed by atoms with Crippen molar-refractivity contribution in [1.82, 2.24) is 10.2 Å². The lowest BCUT2D eigenvalue weighted by Gasteiger charge is -2.22. The van der Waals surface area contributed by atoms with Crippen molar-refractivity contribution in [2.75, 3.05) is 20.6 Å². The van der Waals surface area contributed by atoms with E-state index >= 15 is 0 Å². The van der Waals surface area contributed by atoms with Gasteiger partial charge >= 0.3 is 12.1 Å². The average molecular weight is 276 g/mol. The van der Waals surface area contributed by atoms with Crippen LogP contribution in [0.3, 0.4) is 0 Å². The number of hydrogen-bond acceptors (Lipinski definition) is 4. The Morgan fingerprint density at radius 3 is 2.47 bits per heavy atom. The highest BCUT2D eigenvalue weighted by atomic mass is 16.6. The third kappa shape index (κ3) is 10.3. The van der Waals surface area contributed by atoms with Crippen LogP contribution in [0.1, 0.15) is 42.8 Å². The van der Waals surface area contributed by atoms with Gasteiger partial charge in [0.15, 0.2) is 0 Å². The van der Waals surface area contributed by atoms with Gasteiger partial charge in [-0.25, -0.2) is 9.59 Å². The predicted molar refractivity (Wildman–Crippen MR) is 73.2 cm³/mol. The van der Waals surface area contributed by atoms with Gasteiger partial charge in [-0.2, -0.15) is 0 Å². The molecule has 0 aromatic carbocycles. The summed E-state index contributed by atoms with van der Waals surface area (Å²) in [5.74, 6) is -1.10. The minimum atomic E-state index is -1.10. The number of alkyl carbamates (subject to hydrolysis) is 1. The Hall–Kier alpha value is -1.30. The van der Waals surface area contributed by atoms with Crippen LogP contribution in [-0.4, -0.2) is 54.3 Å². The van der Waals surface area contributed by atoms with Crippen LogP contribution in [0.4, 0.5) is 4.79 Å². The first-order valence-electron chi connectivity index (χ1n) is 7.64. The number of nitrogens with one attached hydrogen (secondary N) is 1. The summed E-state index contributed by atoms with van der Waals surface area (Å²) in [5, 5.41) is 11.4. The zero-order chi connectivity index (χ0) is 16.5. The number of hydrogen-bond donors (Lipinski definition) is 2. The number of carbonyl (C=O) groups excluding carboxylic acids is 1. The molecule has 0 aromatic rings. The number of amides is 1. The number of nitrogens with zero attached hydrogens (tertiary/aromatic N) is 1. The summed E-state index contributed by atoms with van der Waals surface area (Å²) < 4.78 is 19.4. The molecule has 0 unspecified atom stereocenters. The molecule has 6 heteroatoms. The van der Waals surface area contributed by atoms with Crippen LogP contribution in [0.2, 0.25) is 0 Å². The maximum absolute atomic E-state index is 11.6. The molecule has 6 nitrogen and oxygen atoms in total. The van der Waals surface area contributed by atoms with Crippen LogP contribution in [0.5, 0.6) is 0 Å². The van der Waals surface area contributed by atoms with Gasteiger partial charge in [-0.15, -0.1) is 0 Å². The summed E-state index contributed by atoms with van der Waals surface area (Å²) in [5.41, 5.74) is -0.671. The number of ether oxygens (including phenoxy) is 1. The summed E-state index contributed by atoms with van der Waals surface area (Å²) in [6.45, 7) is 5.70. The van der Waals surface area contributed by atoms with Crippen molar-refractivity contribution in [1.29, 1.82) is 0 Å². The Morgan fingerprint density at radius 1 is 1.37 bits per heavy atom. The molecule has 0 aliphatic carbocycles. The summed E-state index contributed by atoms with van der Waals surface area (Å²) >= 11 is 0. The van der Waals surface area contributed by atoms with Gasteiger partial charge in [-0.3, -0.25) is 0 Å². The fraction of sp³-hybridized carbons (Fsp3) is 0.846. The summed E-state index contributed by atoms with van der Waals surface area (Å²) in [6, 6.07) is -0.986. The van der Waals surface area contributed by atoms with Gasteiger partial charge in [0.1, 0.15) is 11.6 Å². The predicted octanol–water partition coefficient (Wildman–Crippen LogP) is 1.70. The molecule has 0 heterocycles. The highest BCUT2D eigenvalue weighted by molar-refractivity contribution is 5.79. The van der Waals surface area contributed by atoms with E-state index in [9.17, 15) is 9.59 Å². The van der Waals surface area contributed by atoms with Crippen molar-refractivity contribution in [2.24, 2.45) is 0 Å². The maximum atomic E-state index is 11.6. The molecule has 1 atom stereocenters. The van der Waals surface area contributed by atoms with E-state index in [0.717, 1.165) is 0 Å². The Morgan fingerprint density at radius 2 is 2.00 bits per heavy atom. The normalized spacial score (nSPS) is 14.5. The molecule has 19 heavy (non-hydrogen) atoms. The molecular weight excluding hydrogens is 248 g/mol. The van der Waals surface area contributed by atoms with Crippen molar-refractivity contribution < 1.29 is 22.2 Å². The highest BCUT2D eigenvalue weighted by Crippen LogP contribution is 2.08. The molecule has 0 aliphatic rings. The number of rotatable bonds is 7. The van der Waals surface area contributed by atoms with Crippen LogP contribution >= 0.6 is 0 Å². The number of carboxylic acid groups (broad SMARTS) is 1. The zero-order valence-corrected chi connectivity index (χ0v) is 11.9.